The normalized spacial score (nSPS) is 15.7. The molecule has 1 saturated heterocycles. The van der Waals surface area contributed by atoms with Crippen LogP contribution in [-0.4, -0.2) is 69.9 Å². The zero-order chi connectivity index (χ0) is 31.4. The van der Waals surface area contributed by atoms with Crippen LogP contribution in [0.5, 0.6) is 5.88 Å². The average molecular weight is 623 g/mol. The molecule has 0 atom stereocenters. The molecule has 1 fully saturated rings. The maximum atomic E-state index is 15.6. The Morgan fingerprint density at radius 3 is 2.50 bits per heavy atom. The Kier molecular flexibility index (Phi) is 7.41. The largest absolute Gasteiger partial charge is 0.475 e. The number of rotatable bonds is 9. The summed E-state index contributed by atoms with van der Waals surface area (Å²) in [5.74, 6) is -1.06. The first kappa shape index (κ1) is 29.7. The lowest BCUT2D eigenvalue weighted by molar-refractivity contribution is -0.123. The van der Waals surface area contributed by atoms with Crippen molar-refractivity contribution in [2.45, 2.75) is 25.3 Å². The van der Waals surface area contributed by atoms with Gasteiger partial charge in [0.15, 0.2) is 0 Å². The zero-order valence-corrected chi connectivity index (χ0v) is 25.5. The number of sulfonamides is 1. The molecule has 4 heterocycles. The molecule has 2 aromatic carbocycles. The first-order valence-electron chi connectivity index (χ1n) is 14.1. The molecule has 13 heteroatoms. The molecule has 10 nitrogen and oxygen atoms in total. The topological polar surface area (TPSA) is 117 Å². The highest BCUT2D eigenvalue weighted by Gasteiger charge is 2.58. The highest BCUT2D eigenvalue weighted by molar-refractivity contribution is 7.92. The number of amides is 1. The van der Waals surface area contributed by atoms with Crippen LogP contribution in [0.25, 0.3) is 22.0 Å². The van der Waals surface area contributed by atoms with Gasteiger partial charge in [0.2, 0.25) is 21.8 Å². The summed E-state index contributed by atoms with van der Waals surface area (Å²) < 4.78 is 62.7. The van der Waals surface area contributed by atoms with Crippen molar-refractivity contribution < 1.29 is 26.7 Å². The first-order chi connectivity index (χ1) is 20.9. The van der Waals surface area contributed by atoms with Gasteiger partial charge in [-0.1, -0.05) is 26.0 Å². The molecule has 230 valence electrons. The molecule has 2 aliphatic rings. The van der Waals surface area contributed by atoms with Crippen molar-refractivity contribution in [2.75, 3.05) is 54.1 Å². The van der Waals surface area contributed by atoms with Gasteiger partial charge in [-0.25, -0.2) is 22.2 Å². The van der Waals surface area contributed by atoms with E-state index in [0.717, 1.165) is 6.26 Å². The number of nitrogens with zero attached hydrogens (tertiary/aromatic N) is 4. The fourth-order valence-corrected chi connectivity index (χ4v) is 6.52. The number of halogens is 2. The molecule has 0 bridgehead atoms. The van der Waals surface area contributed by atoms with Crippen LogP contribution in [0.3, 0.4) is 0 Å². The summed E-state index contributed by atoms with van der Waals surface area (Å²) >= 11 is 0. The van der Waals surface area contributed by atoms with Crippen LogP contribution in [-0.2, 0) is 20.2 Å². The Morgan fingerprint density at radius 2 is 1.80 bits per heavy atom. The molecule has 0 aliphatic carbocycles. The Labute approximate surface area is 254 Å². The zero-order valence-electron chi connectivity index (χ0n) is 24.7. The maximum absolute atomic E-state index is 15.6. The second kappa shape index (κ2) is 11.0. The van der Waals surface area contributed by atoms with Crippen molar-refractivity contribution in [1.82, 2.24) is 15.3 Å². The highest BCUT2D eigenvalue weighted by Crippen LogP contribution is 2.51. The molecule has 2 aliphatic heterocycles. The number of carbonyl (C=O) groups is 1. The van der Waals surface area contributed by atoms with Gasteiger partial charge in [-0.2, -0.15) is 0 Å². The van der Waals surface area contributed by atoms with E-state index < -0.39 is 21.3 Å². The number of anilines is 3. The van der Waals surface area contributed by atoms with Crippen molar-refractivity contribution in [1.29, 1.82) is 0 Å². The van der Waals surface area contributed by atoms with Gasteiger partial charge in [-0.05, 0) is 24.3 Å². The minimum Gasteiger partial charge on any atom is -0.475 e. The maximum Gasteiger partial charge on any atom is 0.241 e. The lowest BCUT2D eigenvalue weighted by atomic mass is 9.73. The number of para-hydroxylation sites is 1. The van der Waals surface area contributed by atoms with E-state index >= 15 is 4.39 Å². The summed E-state index contributed by atoms with van der Waals surface area (Å²) in [7, 11) is -2.05. The number of nitrogens with one attached hydrogen (secondary N) is 2. The van der Waals surface area contributed by atoms with Crippen molar-refractivity contribution >= 4 is 43.9 Å². The lowest BCUT2D eigenvalue weighted by Gasteiger charge is -2.48. The molecule has 0 unspecified atom stereocenters. The first-order valence-corrected chi connectivity index (χ1v) is 16.0. The van der Waals surface area contributed by atoms with E-state index in [1.54, 1.807) is 42.4 Å². The number of hydrogen-bond donors (Lipinski definition) is 2. The van der Waals surface area contributed by atoms with Crippen LogP contribution in [0, 0.1) is 11.6 Å². The molecule has 2 aromatic heterocycles. The van der Waals surface area contributed by atoms with Crippen LogP contribution in [0.2, 0.25) is 0 Å². The quantitative estimate of drug-likeness (QED) is 0.269. The smallest absolute Gasteiger partial charge is 0.241 e. The Balaban J connectivity index is 1.42. The molecule has 2 N–H and O–H groups in total. The van der Waals surface area contributed by atoms with Crippen molar-refractivity contribution in [3.05, 3.63) is 72.1 Å². The lowest BCUT2D eigenvalue weighted by Crippen LogP contribution is -2.64. The number of aromatic nitrogens is 2. The van der Waals surface area contributed by atoms with Crippen molar-refractivity contribution in [2.24, 2.45) is 0 Å². The van der Waals surface area contributed by atoms with Crippen molar-refractivity contribution in [3.63, 3.8) is 0 Å². The minimum atomic E-state index is -3.71. The van der Waals surface area contributed by atoms with Gasteiger partial charge >= 0.3 is 0 Å². The minimum absolute atomic E-state index is 0.0577. The molecular formula is C31H32F2N6O4S. The van der Waals surface area contributed by atoms with Crippen LogP contribution in [0.15, 0.2) is 54.9 Å². The fraction of sp³-hybridized carbons (Fsp3) is 0.323. The third kappa shape index (κ3) is 5.19. The van der Waals surface area contributed by atoms with Crippen LogP contribution in [0.4, 0.5) is 25.8 Å². The SMILES string of the molecule is CC(C)NCCOc1ncc(-c2cc3c4c(cnc3cc2F)N(C)C(=O)C42CN(c3ccccc3F)C2)cc1NS(C)(=O)=O. The average Bonchev–Trinajstić information content (AvgIpc) is 3.16. The summed E-state index contributed by atoms with van der Waals surface area (Å²) in [6.45, 7) is 5.23. The summed E-state index contributed by atoms with van der Waals surface area (Å²) in [6.07, 6.45) is 3.98. The Morgan fingerprint density at radius 1 is 1.05 bits per heavy atom. The number of fused-ring (bicyclic) bond motifs is 4. The molecule has 0 saturated carbocycles. The van der Waals surface area contributed by atoms with E-state index in [1.165, 1.54) is 24.4 Å². The third-order valence-corrected chi connectivity index (χ3v) is 8.55. The number of benzene rings is 2. The number of likely N-dealkylation sites (N-methyl/N-ethyl adjacent to an activating group) is 1. The predicted molar refractivity (Wildman–Crippen MR) is 166 cm³/mol. The van der Waals surface area contributed by atoms with Gasteiger partial charge in [-0.15, -0.1) is 0 Å². The number of pyridine rings is 2. The van der Waals surface area contributed by atoms with Crippen LogP contribution < -0.4 is 24.6 Å². The molecule has 1 spiro atoms. The molecule has 4 aromatic rings. The summed E-state index contributed by atoms with van der Waals surface area (Å²) in [5.41, 5.74) is 1.61. The Bertz CT molecular complexity index is 1900. The third-order valence-electron chi connectivity index (χ3n) is 7.96. The number of ether oxygens (including phenoxy) is 1. The standard InChI is InChI=1S/C31H32F2N6O4S/c1-18(2)34-9-10-43-29-25(37-44(4,41)42)11-19(14-36-29)20-12-21-24(13-23(20)33)35-15-27-28(21)31(30(40)38(27)3)16-39(17-31)26-8-6-5-7-22(26)32/h5-8,11-15,18,34,37H,9-10,16-17H2,1-4H3. The van der Waals surface area contributed by atoms with Gasteiger partial charge in [0.25, 0.3) is 0 Å². The fourth-order valence-electron chi connectivity index (χ4n) is 5.98. The number of hydrogen-bond acceptors (Lipinski definition) is 8. The molecule has 0 radical (unpaired) electrons. The van der Waals surface area contributed by atoms with E-state index in [2.05, 4.69) is 20.0 Å². The summed E-state index contributed by atoms with van der Waals surface area (Å²) in [5, 5.41) is 3.78. The van der Waals surface area contributed by atoms with Crippen LogP contribution in [0.1, 0.15) is 19.4 Å². The molecular weight excluding hydrogens is 590 g/mol. The molecule has 6 rings (SSSR count). The van der Waals surface area contributed by atoms with E-state index in [4.69, 9.17) is 4.74 Å². The van der Waals surface area contributed by atoms with Gasteiger partial charge in [0.05, 0.1) is 29.3 Å². The second-order valence-corrected chi connectivity index (χ2v) is 13.3. The number of carbonyl (C=O) groups excluding carboxylic acids is 1. The van der Waals surface area contributed by atoms with Gasteiger partial charge in [0.1, 0.15) is 29.3 Å². The van der Waals surface area contributed by atoms with E-state index in [0.29, 0.717) is 39.9 Å². The monoisotopic (exact) mass is 622 g/mol. The van der Waals surface area contributed by atoms with Gasteiger partial charge in [-0.3, -0.25) is 14.5 Å². The van der Waals surface area contributed by atoms with Crippen LogP contribution >= 0.6 is 0 Å². The van der Waals surface area contributed by atoms with E-state index in [9.17, 15) is 17.6 Å². The van der Waals surface area contributed by atoms with E-state index in [-0.39, 0.29) is 54.6 Å². The highest BCUT2D eigenvalue weighted by atomic mass is 32.2. The van der Waals surface area contributed by atoms with Gasteiger partial charge < -0.3 is 19.9 Å². The predicted octanol–water partition coefficient (Wildman–Crippen LogP) is 4.06. The summed E-state index contributed by atoms with van der Waals surface area (Å²) in [6, 6.07) is 11.0. The molecule has 44 heavy (non-hydrogen) atoms. The second-order valence-electron chi connectivity index (χ2n) is 11.5. The van der Waals surface area contributed by atoms with Crippen molar-refractivity contribution in [3.8, 4) is 17.0 Å². The summed E-state index contributed by atoms with van der Waals surface area (Å²) in [4.78, 5) is 25.8. The Hall–Kier alpha value is -4.36. The molecule has 1 amide bonds. The van der Waals surface area contributed by atoms with E-state index in [1.807, 2.05) is 18.7 Å². The van der Waals surface area contributed by atoms with Gasteiger partial charge in [0, 0.05) is 67.1 Å².